The summed E-state index contributed by atoms with van der Waals surface area (Å²) in [5.74, 6) is 7.59. The third kappa shape index (κ3) is 3.68. The molecule has 0 saturated heterocycles. The van der Waals surface area contributed by atoms with Gasteiger partial charge in [0.05, 0.1) is 15.1 Å². The van der Waals surface area contributed by atoms with Crippen molar-refractivity contribution in [3.63, 3.8) is 0 Å². The van der Waals surface area contributed by atoms with E-state index in [0.29, 0.717) is 38.4 Å². The first-order chi connectivity index (χ1) is 13.0. The molecule has 0 aliphatic heterocycles. The predicted molar refractivity (Wildman–Crippen MR) is 108 cm³/mol. The molecule has 0 aliphatic carbocycles. The number of hydrogen-bond acceptors (Lipinski definition) is 8. The molecular weight excluding hydrogens is 427 g/mol. The number of nitrogens with zero attached hydrogens (tertiary/aromatic N) is 5. The first kappa shape index (κ1) is 18.3. The van der Waals surface area contributed by atoms with Crippen molar-refractivity contribution < 1.29 is 4.42 Å². The zero-order chi connectivity index (χ0) is 19.0. The van der Waals surface area contributed by atoms with Crippen LogP contribution in [0.25, 0.3) is 22.2 Å². The van der Waals surface area contributed by atoms with Gasteiger partial charge in [-0.3, -0.25) is 0 Å². The van der Waals surface area contributed by atoms with E-state index in [1.165, 1.54) is 27.8 Å². The quantitative estimate of drug-likeness (QED) is 0.348. The molecule has 11 heteroatoms. The molecule has 0 bridgehead atoms. The van der Waals surface area contributed by atoms with Crippen molar-refractivity contribution in [2.45, 2.75) is 17.3 Å². The Morgan fingerprint density at radius 2 is 2.04 bits per heavy atom. The summed E-state index contributed by atoms with van der Waals surface area (Å²) in [6.07, 6.45) is 0. The van der Waals surface area contributed by atoms with Crippen LogP contribution in [0.1, 0.15) is 18.1 Å². The van der Waals surface area contributed by atoms with Crippen molar-refractivity contribution >= 4 is 46.3 Å². The van der Waals surface area contributed by atoms with Crippen molar-refractivity contribution in [1.29, 1.82) is 0 Å². The normalized spacial score (nSPS) is 12.4. The molecule has 0 saturated carbocycles. The molecule has 2 N–H and O–H groups in total. The summed E-state index contributed by atoms with van der Waals surface area (Å²) in [6, 6.07) is 8.96. The second-order valence-electron chi connectivity index (χ2n) is 5.48. The molecule has 0 amide bonds. The van der Waals surface area contributed by atoms with Gasteiger partial charge in [0.25, 0.3) is 5.89 Å². The summed E-state index contributed by atoms with van der Waals surface area (Å²) in [5, 5.41) is 19.8. The van der Waals surface area contributed by atoms with E-state index in [1.54, 1.807) is 18.2 Å². The largest absolute Gasteiger partial charge is 0.419 e. The second-order valence-corrected chi connectivity index (χ2v) is 8.58. The van der Waals surface area contributed by atoms with E-state index >= 15 is 0 Å². The van der Waals surface area contributed by atoms with E-state index in [1.807, 2.05) is 24.4 Å². The Hall–Kier alpha value is -2.07. The highest BCUT2D eigenvalue weighted by Gasteiger charge is 2.21. The predicted octanol–water partition coefficient (Wildman–Crippen LogP) is 4.93. The van der Waals surface area contributed by atoms with Crippen molar-refractivity contribution in [2.75, 3.05) is 5.84 Å². The lowest BCUT2D eigenvalue weighted by atomic mass is 10.2. The molecular formula is C16H12Cl2N6OS2. The average Bonchev–Trinajstić information content (AvgIpc) is 3.37. The summed E-state index contributed by atoms with van der Waals surface area (Å²) in [7, 11) is 0. The fraction of sp³-hybridized carbons (Fsp3) is 0.125. The van der Waals surface area contributed by atoms with Crippen LogP contribution in [0.15, 0.2) is 45.3 Å². The topological polar surface area (TPSA) is 95.7 Å². The average molecular weight is 439 g/mol. The van der Waals surface area contributed by atoms with Crippen LogP contribution in [0.3, 0.4) is 0 Å². The highest BCUT2D eigenvalue weighted by Crippen LogP contribution is 2.36. The molecule has 1 atom stereocenters. The second kappa shape index (κ2) is 7.51. The summed E-state index contributed by atoms with van der Waals surface area (Å²) >= 11 is 15.1. The van der Waals surface area contributed by atoms with Gasteiger partial charge in [0.1, 0.15) is 0 Å². The van der Waals surface area contributed by atoms with Gasteiger partial charge < -0.3 is 10.3 Å². The number of rotatable bonds is 5. The van der Waals surface area contributed by atoms with Gasteiger partial charge in [-0.05, 0) is 36.6 Å². The number of halogens is 2. The lowest BCUT2D eigenvalue weighted by Gasteiger charge is -2.07. The van der Waals surface area contributed by atoms with Crippen LogP contribution < -0.4 is 5.84 Å². The van der Waals surface area contributed by atoms with E-state index in [2.05, 4.69) is 20.4 Å². The molecule has 1 aromatic carbocycles. The monoisotopic (exact) mass is 438 g/mol. The Kier molecular flexibility index (Phi) is 5.09. The van der Waals surface area contributed by atoms with Gasteiger partial charge in [-0.15, -0.1) is 31.7 Å². The minimum Gasteiger partial charge on any atom is -0.419 e. The summed E-state index contributed by atoms with van der Waals surface area (Å²) in [5.41, 5.74) is 0.647. The van der Waals surface area contributed by atoms with Crippen LogP contribution in [0.5, 0.6) is 0 Å². The van der Waals surface area contributed by atoms with Crippen LogP contribution in [0.2, 0.25) is 10.0 Å². The Morgan fingerprint density at radius 1 is 1.19 bits per heavy atom. The Balaban J connectivity index is 1.56. The van der Waals surface area contributed by atoms with Crippen molar-refractivity contribution in [3.8, 4) is 22.2 Å². The minimum atomic E-state index is -0.161. The third-order valence-electron chi connectivity index (χ3n) is 3.64. The maximum Gasteiger partial charge on any atom is 0.257 e. The number of nitrogens with two attached hydrogens (primary N) is 1. The molecule has 27 heavy (non-hydrogen) atoms. The summed E-state index contributed by atoms with van der Waals surface area (Å²) < 4.78 is 7.14. The maximum atomic E-state index is 6.24. The molecule has 0 fully saturated rings. The Morgan fingerprint density at radius 3 is 2.78 bits per heavy atom. The number of thiophene rings is 1. The smallest absolute Gasteiger partial charge is 0.257 e. The molecule has 0 aliphatic rings. The van der Waals surface area contributed by atoms with E-state index in [4.69, 9.17) is 33.5 Å². The fourth-order valence-corrected chi connectivity index (χ4v) is 4.26. The molecule has 4 rings (SSSR count). The number of thioether (sulfide) groups is 1. The van der Waals surface area contributed by atoms with Gasteiger partial charge in [0, 0.05) is 10.6 Å². The van der Waals surface area contributed by atoms with E-state index in [0.717, 1.165) is 4.88 Å². The molecule has 7 nitrogen and oxygen atoms in total. The standard InChI is InChI=1S/C16H12Cl2N6OS2/c1-8(14-21-22-15(25-14)12-3-2-6-26-12)27-16-23-20-13(24(16)19)10-5-4-9(17)7-11(10)18/h2-8H,19H2,1H3/t8-/m1/s1. The van der Waals surface area contributed by atoms with E-state index in [9.17, 15) is 0 Å². The zero-order valence-electron chi connectivity index (χ0n) is 13.8. The Bertz CT molecular complexity index is 1080. The van der Waals surface area contributed by atoms with E-state index < -0.39 is 0 Å². The zero-order valence-corrected chi connectivity index (χ0v) is 17.0. The SMILES string of the molecule is C[C@@H](Sc1nnc(-c2ccc(Cl)cc2Cl)n1N)c1nnc(-c2cccs2)o1. The van der Waals surface area contributed by atoms with Crippen LogP contribution in [0, 0.1) is 0 Å². The summed E-state index contributed by atoms with van der Waals surface area (Å²) in [4.78, 5) is 0.924. The lowest BCUT2D eigenvalue weighted by Crippen LogP contribution is -2.12. The third-order valence-corrected chi connectivity index (χ3v) is 6.09. The number of aromatic nitrogens is 5. The number of hydrogen-bond donors (Lipinski definition) is 1. The molecule has 0 spiro atoms. The van der Waals surface area contributed by atoms with Gasteiger partial charge in [-0.25, -0.2) is 4.68 Å². The van der Waals surface area contributed by atoms with Gasteiger partial charge in [-0.1, -0.05) is 41.0 Å². The molecule has 138 valence electrons. The van der Waals surface area contributed by atoms with Crippen molar-refractivity contribution in [3.05, 3.63) is 51.6 Å². The van der Waals surface area contributed by atoms with Crippen LogP contribution in [-0.4, -0.2) is 25.1 Å². The maximum absolute atomic E-state index is 6.24. The van der Waals surface area contributed by atoms with Crippen LogP contribution in [0.4, 0.5) is 0 Å². The highest BCUT2D eigenvalue weighted by atomic mass is 35.5. The molecule has 3 heterocycles. The van der Waals surface area contributed by atoms with Gasteiger partial charge in [-0.2, -0.15) is 0 Å². The Labute approximate surface area is 172 Å². The first-order valence-corrected chi connectivity index (χ1v) is 10.2. The van der Waals surface area contributed by atoms with Gasteiger partial charge >= 0.3 is 0 Å². The highest BCUT2D eigenvalue weighted by molar-refractivity contribution is 7.99. The molecule has 4 aromatic rings. The van der Waals surface area contributed by atoms with Gasteiger partial charge in [0.2, 0.25) is 11.0 Å². The number of nitrogen functional groups attached to an aromatic ring is 1. The van der Waals surface area contributed by atoms with Crippen LogP contribution in [-0.2, 0) is 0 Å². The number of benzene rings is 1. The summed E-state index contributed by atoms with van der Waals surface area (Å²) in [6.45, 7) is 1.93. The first-order valence-electron chi connectivity index (χ1n) is 7.73. The molecule has 0 radical (unpaired) electrons. The van der Waals surface area contributed by atoms with Crippen molar-refractivity contribution in [1.82, 2.24) is 25.1 Å². The van der Waals surface area contributed by atoms with Gasteiger partial charge in [0.15, 0.2) is 5.82 Å². The van der Waals surface area contributed by atoms with E-state index in [-0.39, 0.29) is 5.25 Å². The molecule has 3 aromatic heterocycles. The lowest BCUT2D eigenvalue weighted by molar-refractivity contribution is 0.510. The van der Waals surface area contributed by atoms with Crippen LogP contribution >= 0.6 is 46.3 Å². The van der Waals surface area contributed by atoms with Crippen molar-refractivity contribution in [2.24, 2.45) is 0 Å². The fourth-order valence-electron chi connectivity index (χ4n) is 2.32. The molecule has 0 unspecified atom stereocenters. The minimum absolute atomic E-state index is 0.161.